The third kappa shape index (κ3) is 9.46. The summed E-state index contributed by atoms with van der Waals surface area (Å²) in [4.78, 5) is 43.2. The Balaban J connectivity index is 0.000000336. The van der Waals surface area contributed by atoms with Crippen LogP contribution in [-0.2, 0) is 21.3 Å². The first-order valence-electron chi connectivity index (χ1n) is 16.2. The van der Waals surface area contributed by atoms with Gasteiger partial charge in [0.15, 0.2) is 0 Å². The summed E-state index contributed by atoms with van der Waals surface area (Å²) in [6.07, 6.45) is 6.76. The van der Waals surface area contributed by atoms with Crippen molar-refractivity contribution in [1.82, 2.24) is 39.9 Å². The number of aryl methyl sites for hydroxylation is 2. The maximum Gasteiger partial charge on any atom is 0.410 e. The van der Waals surface area contributed by atoms with Crippen molar-refractivity contribution in [2.45, 2.75) is 85.5 Å². The van der Waals surface area contributed by atoms with Crippen molar-refractivity contribution < 1.29 is 23.9 Å². The van der Waals surface area contributed by atoms with Crippen LogP contribution in [0.3, 0.4) is 0 Å². The summed E-state index contributed by atoms with van der Waals surface area (Å²) in [6, 6.07) is 10.9. The van der Waals surface area contributed by atoms with E-state index in [0.717, 1.165) is 42.6 Å². The van der Waals surface area contributed by atoms with E-state index in [1.165, 1.54) is 11.2 Å². The summed E-state index contributed by atoms with van der Waals surface area (Å²) >= 11 is 0. The number of amides is 2. The Bertz CT molecular complexity index is 1690. The number of carbonyl (C=O) groups is 3. The lowest BCUT2D eigenvalue weighted by molar-refractivity contribution is -0.155. The first-order valence-corrected chi connectivity index (χ1v) is 16.2. The number of nitrogens with one attached hydrogen (secondary N) is 1. The standard InChI is InChI=1S/C24H26N8O3.C10H19NO2/c1-5-19(35-20(33)6-2)32-29-23(28-30-32)21-18(14-26-31(21)4)16-9-11-17(12-10-16)24(34)27-22-15(3)8-7-13-25-22;1-10(2,3)13-9(12)11-7-5-4-6-8-11/h7-14,19H,5-6H2,1-4H3,(H,25,27,34);4-8H2,1-3H3. The van der Waals surface area contributed by atoms with E-state index in [2.05, 4.69) is 30.8 Å². The number of benzene rings is 1. The number of tetrazole rings is 1. The molecule has 0 saturated carbocycles. The van der Waals surface area contributed by atoms with Gasteiger partial charge < -0.3 is 19.7 Å². The van der Waals surface area contributed by atoms with Gasteiger partial charge in [0.1, 0.15) is 17.1 Å². The molecule has 48 heavy (non-hydrogen) atoms. The molecule has 2 amide bonds. The zero-order valence-corrected chi connectivity index (χ0v) is 28.8. The van der Waals surface area contributed by atoms with Crippen molar-refractivity contribution in [3.05, 3.63) is 59.9 Å². The van der Waals surface area contributed by atoms with E-state index >= 15 is 0 Å². The molecular formula is C34H45N9O5. The summed E-state index contributed by atoms with van der Waals surface area (Å²) in [7, 11) is 1.78. The zero-order chi connectivity index (χ0) is 34.8. The molecule has 1 atom stereocenters. The number of nitrogens with zero attached hydrogens (tertiary/aromatic N) is 8. The fourth-order valence-corrected chi connectivity index (χ4v) is 4.89. The number of pyridine rings is 1. The molecule has 0 bridgehead atoms. The monoisotopic (exact) mass is 659 g/mol. The second-order valence-electron chi connectivity index (χ2n) is 12.4. The van der Waals surface area contributed by atoms with Gasteiger partial charge in [0.05, 0.1) is 6.20 Å². The van der Waals surface area contributed by atoms with Gasteiger partial charge in [0, 0.05) is 50.3 Å². The first-order chi connectivity index (χ1) is 22.9. The maximum atomic E-state index is 12.7. The van der Waals surface area contributed by atoms with Crippen LogP contribution in [0.2, 0.25) is 0 Å². The highest BCUT2D eigenvalue weighted by molar-refractivity contribution is 6.04. The molecule has 14 heteroatoms. The smallest absolute Gasteiger partial charge is 0.410 e. The Hall–Kier alpha value is -5.14. The number of aromatic nitrogens is 7. The van der Waals surface area contributed by atoms with Crippen LogP contribution in [0, 0.1) is 6.92 Å². The number of rotatable bonds is 8. The molecule has 256 valence electrons. The molecule has 1 fully saturated rings. The van der Waals surface area contributed by atoms with Crippen LogP contribution in [0.15, 0.2) is 48.8 Å². The number of esters is 1. The van der Waals surface area contributed by atoms with E-state index < -0.39 is 6.23 Å². The van der Waals surface area contributed by atoms with Gasteiger partial charge in [0.25, 0.3) is 5.91 Å². The van der Waals surface area contributed by atoms with Crippen molar-refractivity contribution in [1.29, 1.82) is 0 Å². The van der Waals surface area contributed by atoms with Crippen LogP contribution in [0.25, 0.3) is 22.6 Å². The fraction of sp³-hybridized carbons (Fsp3) is 0.471. The van der Waals surface area contributed by atoms with E-state index in [1.807, 2.05) is 58.9 Å². The second kappa shape index (κ2) is 16.1. The van der Waals surface area contributed by atoms with Gasteiger partial charge >= 0.3 is 12.1 Å². The fourth-order valence-electron chi connectivity index (χ4n) is 4.89. The minimum absolute atomic E-state index is 0.160. The molecule has 3 aromatic heterocycles. The minimum atomic E-state index is -0.638. The number of carbonyl (C=O) groups excluding carboxylic acids is 3. The zero-order valence-electron chi connectivity index (χ0n) is 28.8. The Morgan fingerprint density at radius 1 is 1.02 bits per heavy atom. The largest absolute Gasteiger partial charge is 0.444 e. The average Bonchev–Trinajstić information content (AvgIpc) is 3.71. The number of ether oxygens (including phenoxy) is 2. The quantitative estimate of drug-likeness (QED) is 0.223. The van der Waals surface area contributed by atoms with Crippen molar-refractivity contribution in [3.63, 3.8) is 0 Å². The van der Waals surface area contributed by atoms with E-state index in [4.69, 9.17) is 9.47 Å². The van der Waals surface area contributed by atoms with Gasteiger partial charge in [-0.2, -0.15) is 5.10 Å². The van der Waals surface area contributed by atoms with Gasteiger partial charge in [-0.3, -0.25) is 14.3 Å². The SMILES string of the molecule is CC(C)(C)OC(=O)N1CCCCC1.CCC(=O)OC(CC)n1nnc(-c2c(-c3ccc(C(=O)Nc4ncccc4C)cc3)cnn2C)n1. The highest BCUT2D eigenvalue weighted by Gasteiger charge is 2.24. The minimum Gasteiger partial charge on any atom is -0.444 e. The van der Waals surface area contributed by atoms with Crippen molar-refractivity contribution in [3.8, 4) is 22.6 Å². The molecule has 1 saturated heterocycles. The molecule has 1 aliphatic rings. The van der Waals surface area contributed by atoms with Crippen molar-refractivity contribution in [2.24, 2.45) is 7.05 Å². The predicted molar refractivity (Wildman–Crippen MR) is 180 cm³/mol. The molecule has 1 unspecified atom stereocenters. The van der Waals surface area contributed by atoms with Gasteiger partial charge in [0.2, 0.25) is 12.1 Å². The molecule has 0 radical (unpaired) electrons. The Morgan fingerprint density at radius 2 is 1.73 bits per heavy atom. The van der Waals surface area contributed by atoms with Crippen molar-refractivity contribution >= 4 is 23.8 Å². The van der Waals surface area contributed by atoms with Crippen LogP contribution in [0.5, 0.6) is 0 Å². The van der Waals surface area contributed by atoms with E-state index in [0.29, 0.717) is 29.3 Å². The van der Waals surface area contributed by atoms with Gasteiger partial charge in [-0.1, -0.05) is 32.0 Å². The van der Waals surface area contributed by atoms with E-state index in [9.17, 15) is 14.4 Å². The van der Waals surface area contributed by atoms with Crippen LogP contribution in [-0.4, -0.2) is 76.5 Å². The normalized spacial score (nSPS) is 13.6. The lowest BCUT2D eigenvalue weighted by Gasteiger charge is -2.29. The van der Waals surface area contributed by atoms with E-state index in [1.54, 1.807) is 48.1 Å². The highest BCUT2D eigenvalue weighted by Crippen LogP contribution is 2.30. The summed E-state index contributed by atoms with van der Waals surface area (Å²) in [6.45, 7) is 12.9. The molecule has 0 aliphatic carbocycles. The number of piperidine rings is 1. The Kier molecular flexibility index (Phi) is 12.0. The average molecular weight is 660 g/mol. The molecule has 4 heterocycles. The summed E-state index contributed by atoms with van der Waals surface area (Å²) in [5, 5.41) is 19.9. The lowest BCUT2D eigenvalue weighted by Crippen LogP contribution is -2.39. The molecule has 5 rings (SSSR count). The molecule has 14 nitrogen and oxygen atoms in total. The van der Waals surface area contributed by atoms with Crippen LogP contribution < -0.4 is 5.32 Å². The number of likely N-dealkylation sites (tertiary alicyclic amines) is 1. The topological polar surface area (TPSA) is 159 Å². The summed E-state index contributed by atoms with van der Waals surface area (Å²) in [5.74, 6) is 0.291. The number of hydrogen-bond donors (Lipinski definition) is 1. The third-order valence-corrected chi connectivity index (χ3v) is 7.45. The molecule has 1 aliphatic heterocycles. The maximum absolute atomic E-state index is 12.7. The van der Waals surface area contributed by atoms with Crippen LogP contribution in [0.4, 0.5) is 10.6 Å². The van der Waals surface area contributed by atoms with Gasteiger partial charge in [-0.05, 0) is 81.5 Å². The molecule has 0 spiro atoms. The van der Waals surface area contributed by atoms with Crippen molar-refractivity contribution in [2.75, 3.05) is 18.4 Å². The lowest BCUT2D eigenvalue weighted by atomic mass is 10.0. The summed E-state index contributed by atoms with van der Waals surface area (Å²) < 4.78 is 12.3. The molecule has 1 aromatic carbocycles. The number of anilines is 1. The predicted octanol–water partition coefficient (Wildman–Crippen LogP) is 5.97. The Morgan fingerprint density at radius 3 is 2.35 bits per heavy atom. The highest BCUT2D eigenvalue weighted by atomic mass is 16.6. The van der Waals surface area contributed by atoms with Gasteiger partial charge in [-0.15, -0.1) is 15.0 Å². The molecular weight excluding hydrogens is 614 g/mol. The third-order valence-electron chi connectivity index (χ3n) is 7.45. The summed E-state index contributed by atoms with van der Waals surface area (Å²) in [5.41, 5.74) is 3.27. The number of hydrogen-bond acceptors (Lipinski definition) is 10. The van der Waals surface area contributed by atoms with Crippen LogP contribution in [0.1, 0.15) is 88.9 Å². The molecule has 1 N–H and O–H groups in total. The molecule has 4 aromatic rings. The van der Waals surface area contributed by atoms with Crippen LogP contribution >= 0.6 is 0 Å². The van der Waals surface area contributed by atoms with E-state index in [-0.39, 0.29) is 30.0 Å². The first kappa shape index (κ1) is 35.7. The Labute approximate surface area is 280 Å². The second-order valence-corrected chi connectivity index (χ2v) is 12.4. The van der Waals surface area contributed by atoms with Gasteiger partial charge in [-0.25, -0.2) is 9.78 Å².